The van der Waals surface area contributed by atoms with E-state index < -0.39 is 0 Å². The van der Waals surface area contributed by atoms with Crippen LogP contribution in [-0.4, -0.2) is 7.11 Å². The summed E-state index contributed by atoms with van der Waals surface area (Å²) in [6, 6.07) is 14.9. The van der Waals surface area contributed by atoms with Crippen LogP contribution >= 0.6 is 15.9 Å². The Morgan fingerprint density at radius 1 is 1.20 bits per heavy atom. The van der Waals surface area contributed by atoms with Crippen molar-refractivity contribution in [3.63, 3.8) is 0 Å². The number of rotatable bonds is 5. The van der Waals surface area contributed by atoms with E-state index in [1.54, 1.807) is 7.11 Å². The molecule has 0 saturated heterocycles. The lowest BCUT2D eigenvalue weighted by molar-refractivity contribution is 0.413. The Morgan fingerprint density at radius 3 is 2.70 bits per heavy atom. The normalized spacial score (nSPS) is 12.2. The molecule has 2 nitrogen and oxygen atoms in total. The summed E-state index contributed by atoms with van der Waals surface area (Å²) in [6.07, 6.45) is 0. The van der Waals surface area contributed by atoms with Gasteiger partial charge in [-0.05, 0) is 48.7 Å². The zero-order chi connectivity index (χ0) is 14.5. The van der Waals surface area contributed by atoms with Crippen LogP contribution in [0.3, 0.4) is 0 Å². The first kappa shape index (κ1) is 15.1. The Labute approximate surface area is 129 Å². The molecule has 0 aliphatic heterocycles. The van der Waals surface area contributed by atoms with Crippen molar-refractivity contribution < 1.29 is 4.74 Å². The van der Waals surface area contributed by atoms with E-state index in [-0.39, 0.29) is 6.04 Å². The lowest BCUT2D eigenvalue weighted by Gasteiger charge is -2.16. The Kier molecular flexibility index (Phi) is 5.21. The molecule has 0 aromatic heterocycles. The van der Waals surface area contributed by atoms with Crippen LogP contribution in [0.1, 0.15) is 29.7 Å². The summed E-state index contributed by atoms with van der Waals surface area (Å²) in [5.41, 5.74) is 3.76. The number of ether oxygens (including phenoxy) is 1. The summed E-state index contributed by atoms with van der Waals surface area (Å²) in [7, 11) is 1.70. The average molecular weight is 334 g/mol. The van der Waals surface area contributed by atoms with Crippen molar-refractivity contribution in [3.8, 4) is 5.75 Å². The summed E-state index contributed by atoms with van der Waals surface area (Å²) in [6.45, 7) is 5.09. The number of aryl methyl sites for hydroxylation is 1. The highest BCUT2D eigenvalue weighted by atomic mass is 79.9. The standard InChI is InChI=1S/C17H20BrNO/c1-12-7-8-15(17(18)9-12)11-19-13(2)14-5-4-6-16(10-14)20-3/h4-10,13,19H,11H2,1-3H3. The number of methoxy groups -OCH3 is 1. The molecule has 106 valence electrons. The van der Waals surface area contributed by atoms with Crippen LogP contribution in [0.2, 0.25) is 0 Å². The predicted molar refractivity (Wildman–Crippen MR) is 87.1 cm³/mol. The number of halogens is 1. The maximum absolute atomic E-state index is 5.26. The minimum atomic E-state index is 0.276. The molecule has 2 rings (SSSR count). The first-order valence-corrected chi connectivity index (χ1v) is 7.52. The summed E-state index contributed by atoms with van der Waals surface area (Å²) in [5.74, 6) is 0.896. The molecule has 0 radical (unpaired) electrons. The predicted octanol–water partition coefficient (Wildman–Crippen LogP) is 4.62. The van der Waals surface area contributed by atoms with Crippen molar-refractivity contribution in [2.75, 3.05) is 7.11 Å². The summed E-state index contributed by atoms with van der Waals surface area (Å²) in [5, 5.41) is 3.54. The van der Waals surface area contributed by atoms with Gasteiger partial charge in [0.2, 0.25) is 0 Å². The van der Waals surface area contributed by atoms with Crippen LogP contribution in [0, 0.1) is 6.92 Å². The SMILES string of the molecule is COc1cccc(C(C)NCc2ccc(C)cc2Br)c1. The Bertz CT molecular complexity index is 583. The van der Waals surface area contributed by atoms with Gasteiger partial charge in [-0.1, -0.05) is 40.2 Å². The molecule has 0 fully saturated rings. The number of hydrogen-bond donors (Lipinski definition) is 1. The third-order valence-corrected chi connectivity index (χ3v) is 4.14. The minimum absolute atomic E-state index is 0.276. The van der Waals surface area contributed by atoms with Crippen LogP contribution in [0.4, 0.5) is 0 Å². The fourth-order valence-electron chi connectivity index (χ4n) is 2.09. The molecule has 1 atom stereocenters. The highest BCUT2D eigenvalue weighted by Gasteiger charge is 2.07. The van der Waals surface area contributed by atoms with Crippen LogP contribution < -0.4 is 10.1 Å². The Morgan fingerprint density at radius 2 is 2.00 bits per heavy atom. The first-order valence-electron chi connectivity index (χ1n) is 6.72. The second-order valence-corrected chi connectivity index (χ2v) is 5.83. The van der Waals surface area contributed by atoms with Gasteiger partial charge in [0.05, 0.1) is 7.11 Å². The minimum Gasteiger partial charge on any atom is -0.497 e. The van der Waals surface area contributed by atoms with Gasteiger partial charge in [-0.25, -0.2) is 0 Å². The van der Waals surface area contributed by atoms with Crippen molar-refractivity contribution in [2.45, 2.75) is 26.4 Å². The molecule has 0 heterocycles. The summed E-state index contributed by atoms with van der Waals surface area (Å²) < 4.78 is 6.42. The first-order chi connectivity index (χ1) is 9.60. The molecule has 0 spiro atoms. The molecule has 1 N–H and O–H groups in total. The van der Waals surface area contributed by atoms with Crippen LogP contribution in [0.25, 0.3) is 0 Å². The van der Waals surface area contributed by atoms with Gasteiger partial charge in [-0.3, -0.25) is 0 Å². The number of hydrogen-bond acceptors (Lipinski definition) is 2. The van der Waals surface area contributed by atoms with E-state index in [1.807, 2.05) is 12.1 Å². The molecule has 0 aliphatic rings. The van der Waals surface area contributed by atoms with E-state index in [0.717, 1.165) is 16.8 Å². The molecular weight excluding hydrogens is 314 g/mol. The summed E-state index contributed by atoms with van der Waals surface area (Å²) in [4.78, 5) is 0. The second kappa shape index (κ2) is 6.91. The number of benzene rings is 2. The molecule has 3 heteroatoms. The third-order valence-electron chi connectivity index (χ3n) is 3.40. The Balaban J connectivity index is 2.02. The molecular formula is C17H20BrNO. The smallest absolute Gasteiger partial charge is 0.119 e. The second-order valence-electron chi connectivity index (χ2n) is 4.97. The van der Waals surface area contributed by atoms with E-state index in [2.05, 4.69) is 65.4 Å². The van der Waals surface area contributed by atoms with E-state index in [9.17, 15) is 0 Å². The molecule has 2 aromatic rings. The largest absolute Gasteiger partial charge is 0.497 e. The molecule has 0 aliphatic carbocycles. The van der Waals surface area contributed by atoms with E-state index in [0.29, 0.717) is 0 Å². The fraction of sp³-hybridized carbons (Fsp3) is 0.294. The van der Waals surface area contributed by atoms with Crippen molar-refractivity contribution in [1.29, 1.82) is 0 Å². The van der Waals surface area contributed by atoms with Gasteiger partial charge in [0.1, 0.15) is 5.75 Å². The van der Waals surface area contributed by atoms with E-state index in [4.69, 9.17) is 4.74 Å². The van der Waals surface area contributed by atoms with Gasteiger partial charge < -0.3 is 10.1 Å². The molecule has 0 saturated carbocycles. The highest BCUT2D eigenvalue weighted by Crippen LogP contribution is 2.21. The van der Waals surface area contributed by atoms with Gasteiger partial charge in [-0.15, -0.1) is 0 Å². The highest BCUT2D eigenvalue weighted by molar-refractivity contribution is 9.10. The molecule has 0 amide bonds. The van der Waals surface area contributed by atoms with E-state index >= 15 is 0 Å². The lowest BCUT2D eigenvalue weighted by atomic mass is 10.1. The average Bonchev–Trinajstić information content (AvgIpc) is 2.46. The fourth-order valence-corrected chi connectivity index (χ4v) is 2.72. The molecule has 1 unspecified atom stereocenters. The van der Waals surface area contributed by atoms with Gasteiger partial charge in [0.25, 0.3) is 0 Å². The summed E-state index contributed by atoms with van der Waals surface area (Å²) >= 11 is 3.62. The lowest BCUT2D eigenvalue weighted by Crippen LogP contribution is -2.18. The van der Waals surface area contributed by atoms with Gasteiger partial charge >= 0.3 is 0 Å². The van der Waals surface area contributed by atoms with Crippen molar-refractivity contribution >= 4 is 15.9 Å². The van der Waals surface area contributed by atoms with Gasteiger partial charge in [0.15, 0.2) is 0 Å². The quantitative estimate of drug-likeness (QED) is 0.862. The topological polar surface area (TPSA) is 21.3 Å². The van der Waals surface area contributed by atoms with Crippen molar-refractivity contribution in [3.05, 3.63) is 63.6 Å². The number of nitrogens with one attached hydrogen (secondary N) is 1. The molecule has 0 bridgehead atoms. The maximum Gasteiger partial charge on any atom is 0.119 e. The van der Waals surface area contributed by atoms with Crippen molar-refractivity contribution in [1.82, 2.24) is 5.32 Å². The van der Waals surface area contributed by atoms with Gasteiger partial charge in [-0.2, -0.15) is 0 Å². The Hall–Kier alpha value is -1.32. The van der Waals surface area contributed by atoms with Crippen molar-refractivity contribution in [2.24, 2.45) is 0 Å². The third kappa shape index (κ3) is 3.84. The molecule has 20 heavy (non-hydrogen) atoms. The van der Waals surface area contributed by atoms with Gasteiger partial charge in [0, 0.05) is 17.1 Å². The zero-order valence-electron chi connectivity index (χ0n) is 12.1. The van der Waals surface area contributed by atoms with E-state index in [1.165, 1.54) is 16.7 Å². The van der Waals surface area contributed by atoms with Crippen LogP contribution in [-0.2, 0) is 6.54 Å². The zero-order valence-corrected chi connectivity index (χ0v) is 13.7. The monoisotopic (exact) mass is 333 g/mol. The maximum atomic E-state index is 5.26. The van der Waals surface area contributed by atoms with Crippen LogP contribution in [0.15, 0.2) is 46.9 Å². The van der Waals surface area contributed by atoms with Crippen LogP contribution in [0.5, 0.6) is 5.75 Å². The molecule has 2 aromatic carbocycles.